The lowest BCUT2D eigenvalue weighted by Crippen LogP contribution is -2.38. The Balaban J connectivity index is 2.27. The van der Waals surface area contributed by atoms with Crippen LogP contribution in [0.2, 0.25) is 0 Å². The van der Waals surface area contributed by atoms with Gasteiger partial charge in [-0.15, -0.1) is 0 Å². The number of benzene rings is 2. The van der Waals surface area contributed by atoms with Crippen molar-refractivity contribution in [1.29, 1.82) is 0 Å². The lowest BCUT2D eigenvalue weighted by Gasteiger charge is -2.29. The Labute approximate surface area is 159 Å². The summed E-state index contributed by atoms with van der Waals surface area (Å²) >= 11 is 0. The first-order valence-electron chi connectivity index (χ1n) is 8.82. The second-order valence-corrected chi connectivity index (χ2v) is 6.59. The fourth-order valence-corrected chi connectivity index (χ4v) is 2.96. The number of hydrogen-bond donors (Lipinski definition) is 2. The van der Waals surface area contributed by atoms with E-state index >= 15 is 0 Å². The van der Waals surface area contributed by atoms with Crippen LogP contribution in [0.4, 0.5) is 0 Å². The van der Waals surface area contributed by atoms with Crippen molar-refractivity contribution in [2.45, 2.75) is 12.5 Å². The van der Waals surface area contributed by atoms with Gasteiger partial charge in [0.15, 0.2) is 0 Å². The van der Waals surface area contributed by atoms with E-state index in [0.29, 0.717) is 12.4 Å². The summed E-state index contributed by atoms with van der Waals surface area (Å²) in [5.41, 5.74) is 2.43. The van der Waals surface area contributed by atoms with Crippen LogP contribution in [-0.2, 0) is 5.54 Å². The fraction of sp³-hybridized carbons (Fsp3) is 0.227. The maximum atomic E-state index is 9.95. The van der Waals surface area contributed by atoms with Gasteiger partial charge in [-0.2, -0.15) is 0 Å². The van der Waals surface area contributed by atoms with Crippen molar-refractivity contribution in [2.24, 2.45) is 0 Å². The van der Waals surface area contributed by atoms with Crippen molar-refractivity contribution in [2.75, 3.05) is 19.8 Å². The summed E-state index contributed by atoms with van der Waals surface area (Å²) in [6, 6.07) is 17.5. The summed E-state index contributed by atoms with van der Waals surface area (Å²) in [5, 5.41) is 19.9. The molecule has 0 spiro atoms. The molecule has 5 heteroatoms. The Hall–Kier alpha value is -2.89. The maximum Gasteiger partial charge on any atom is 0.129 e. The van der Waals surface area contributed by atoms with Gasteiger partial charge in [0.25, 0.3) is 0 Å². The van der Waals surface area contributed by atoms with Crippen molar-refractivity contribution in [1.82, 2.24) is 9.55 Å². The summed E-state index contributed by atoms with van der Waals surface area (Å²) < 4.78 is 7.68. The number of rotatable bonds is 8. The largest absolute Gasteiger partial charge is 0.489 e. The third-order valence-corrected chi connectivity index (χ3v) is 4.58. The van der Waals surface area contributed by atoms with Crippen LogP contribution in [0, 0.1) is 0 Å². The average Bonchev–Trinajstić information content (AvgIpc) is 3.18. The van der Waals surface area contributed by atoms with Crippen LogP contribution in [0.25, 0.3) is 22.5 Å². The van der Waals surface area contributed by atoms with Crippen LogP contribution in [-0.4, -0.2) is 39.6 Å². The molecule has 0 saturated heterocycles. The Morgan fingerprint density at radius 1 is 1.07 bits per heavy atom. The normalized spacial score (nSPS) is 11.4. The molecule has 1 heterocycles. The molecule has 3 aromatic rings. The Morgan fingerprint density at radius 2 is 1.74 bits per heavy atom. The number of nitrogens with zero attached hydrogens (tertiary/aromatic N) is 2. The highest BCUT2D eigenvalue weighted by Crippen LogP contribution is 2.39. The zero-order valence-electron chi connectivity index (χ0n) is 15.4. The summed E-state index contributed by atoms with van der Waals surface area (Å²) in [6.07, 6.45) is 3.35. The first-order chi connectivity index (χ1) is 13.1. The van der Waals surface area contributed by atoms with E-state index in [0.717, 1.165) is 22.5 Å². The zero-order chi connectivity index (χ0) is 19.3. The van der Waals surface area contributed by atoms with E-state index in [1.807, 2.05) is 59.2 Å². The van der Waals surface area contributed by atoms with E-state index in [2.05, 4.69) is 11.6 Å². The number of para-hydroxylation sites is 1. The van der Waals surface area contributed by atoms with Gasteiger partial charge in [0.05, 0.1) is 36.5 Å². The number of ether oxygens (including phenoxy) is 1. The van der Waals surface area contributed by atoms with Gasteiger partial charge < -0.3 is 19.5 Å². The van der Waals surface area contributed by atoms with E-state index in [9.17, 15) is 10.2 Å². The van der Waals surface area contributed by atoms with Gasteiger partial charge in [-0.25, -0.2) is 4.98 Å². The molecule has 0 aliphatic carbocycles. The molecular formula is C22H24N2O3. The minimum Gasteiger partial charge on any atom is -0.489 e. The van der Waals surface area contributed by atoms with Crippen molar-refractivity contribution >= 4 is 0 Å². The lowest BCUT2D eigenvalue weighted by atomic mass is 9.99. The number of hydrogen-bond acceptors (Lipinski definition) is 4. The van der Waals surface area contributed by atoms with E-state index in [4.69, 9.17) is 4.74 Å². The second kappa shape index (κ2) is 8.20. The first-order valence-corrected chi connectivity index (χ1v) is 8.82. The predicted octanol–water partition coefficient (Wildman–Crippen LogP) is 3.48. The van der Waals surface area contributed by atoms with Gasteiger partial charge in [0.2, 0.25) is 0 Å². The van der Waals surface area contributed by atoms with Crippen LogP contribution in [0.3, 0.4) is 0 Å². The lowest BCUT2D eigenvalue weighted by molar-refractivity contribution is 0.0790. The monoisotopic (exact) mass is 364 g/mol. The fourth-order valence-electron chi connectivity index (χ4n) is 2.96. The van der Waals surface area contributed by atoms with Crippen LogP contribution < -0.4 is 4.74 Å². The molecule has 0 bridgehead atoms. The number of aromatic nitrogens is 2. The van der Waals surface area contributed by atoms with Gasteiger partial charge >= 0.3 is 0 Å². The van der Waals surface area contributed by atoms with E-state index in [1.54, 1.807) is 19.3 Å². The standard InChI is InChI=1S/C22H24N2O3/c1-3-13-27-19-12-8-7-11-18(19)21-20(17-9-5-4-6-10-17)23-16-24(21)22(2,14-25)15-26/h3-12,16,25-26H,1,13-15H2,2H3. The summed E-state index contributed by atoms with van der Waals surface area (Å²) in [7, 11) is 0. The highest BCUT2D eigenvalue weighted by molar-refractivity contribution is 5.82. The molecule has 2 aromatic carbocycles. The molecule has 0 radical (unpaired) electrons. The van der Waals surface area contributed by atoms with E-state index < -0.39 is 5.54 Å². The Morgan fingerprint density at radius 3 is 2.41 bits per heavy atom. The first kappa shape index (κ1) is 18.9. The minimum absolute atomic E-state index is 0.225. The third-order valence-electron chi connectivity index (χ3n) is 4.58. The molecule has 0 unspecified atom stereocenters. The second-order valence-electron chi connectivity index (χ2n) is 6.59. The maximum absolute atomic E-state index is 9.95. The smallest absolute Gasteiger partial charge is 0.129 e. The Bertz CT molecular complexity index is 899. The van der Waals surface area contributed by atoms with Crippen molar-refractivity contribution in [3.63, 3.8) is 0 Å². The molecule has 0 atom stereocenters. The molecule has 0 amide bonds. The van der Waals surface area contributed by atoms with Crippen LogP contribution in [0.15, 0.2) is 73.6 Å². The van der Waals surface area contributed by atoms with Gasteiger partial charge in [-0.3, -0.25) is 0 Å². The minimum atomic E-state index is -0.902. The van der Waals surface area contributed by atoms with Crippen LogP contribution >= 0.6 is 0 Å². The molecule has 1 aromatic heterocycles. The molecule has 0 aliphatic rings. The van der Waals surface area contributed by atoms with Gasteiger partial charge in [-0.1, -0.05) is 55.1 Å². The van der Waals surface area contributed by atoms with E-state index in [-0.39, 0.29) is 13.2 Å². The molecule has 27 heavy (non-hydrogen) atoms. The molecule has 3 rings (SSSR count). The molecule has 0 aliphatic heterocycles. The molecule has 0 fully saturated rings. The molecular weight excluding hydrogens is 340 g/mol. The molecule has 140 valence electrons. The summed E-state index contributed by atoms with van der Waals surface area (Å²) in [5.74, 6) is 0.689. The van der Waals surface area contributed by atoms with Crippen LogP contribution in [0.1, 0.15) is 6.92 Å². The molecule has 2 N–H and O–H groups in total. The van der Waals surface area contributed by atoms with Gasteiger partial charge in [-0.05, 0) is 19.1 Å². The highest BCUT2D eigenvalue weighted by atomic mass is 16.5. The van der Waals surface area contributed by atoms with Crippen molar-refractivity contribution < 1.29 is 14.9 Å². The predicted molar refractivity (Wildman–Crippen MR) is 107 cm³/mol. The topological polar surface area (TPSA) is 67.5 Å². The Kier molecular flexibility index (Phi) is 5.74. The SMILES string of the molecule is C=CCOc1ccccc1-c1c(-c2ccccc2)ncn1C(C)(CO)CO. The third kappa shape index (κ3) is 3.65. The van der Waals surface area contributed by atoms with Gasteiger partial charge in [0.1, 0.15) is 12.4 Å². The molecule has 5 nitrogen and oxygen atoms in total. The highest BCUT2D eigenvalue weighted by Gasteiger charge is 2.30. The zero-order valence-corrected chi connectivity index (χ0v) is 15.4. The summed E-state index contributed by atoms with van der Waals surface area (Å²) in [4.78, 5) is 4.61. The number of aliphatic hydroxyl groups excluding tert-OH is 2. The van der Waals surface area contributed by atoms with Crippen molar-refractivity contribution in [3.8, 4) is 28.3 Å². The van der Waals surface area contributed by atoms with Gasteiger partial charge in [0, 0.05) is 11.1 Å². The number of aliphatic hydroxyl groups is 2. The van der Waals surface area contributed by atoms with Crippen LogP contribution in [0.5, 0.6) is 5.75 Å². The summed E-state index contributed by atoms with van der Waals surface area (Å²) in [6.45, 7) is 5.43. The van der Waals surface area contributed by atoms with E-state index in [1.165, 1.54) is 0 Å². The van der Waals surface area contributed by atoms with Crippen molar-refractivity contribution in [3.05, 3.63) is 73.6 Å². The number of imidazole rings is 1. The molecule has 0 saturated carbocycles. The quantitative estimate of drug-likeness (QED) is 0.601. The average molecular weight is 364 g/mol.